The molecule has 0 aromatic heterocycles. The van der Waals surface area contributed by atoms with Crippen molar-refractivity contribution in [3.8, 4) is 5.75 Å². The summed E-state index contributed by atoms with van der Waals surface area (Å²) in [5.41, 5.74) is 0.907. The molecule has 0 N–H and O–H groups in total. The number of ether oxygens (including phenoxy) is 1. The molecule has 3 unspecified atom stereocenters. The van der Waals surface area contributed by atoms with Crippen molar-refractivity contribution in [1.29, 1.82) is 0 Å². The zero-order valence-corrected chi connectivity index (χ0v) is 8.75. The first kappa shape index (κ1) is 9.22. The highest BCUT2D eigenvalue weighted by Gasteiger charge is 2.40. The molecule has 1 nitrogen and oxygen atoms in total. The van der Waals surface area contributed by atoms with E-state index in [1.54, 1.807) is 6.07 Å². The number of fused-ring (bicyclic) bond motifs is 3. The van der Waals surface area contributed by atoms with Crippen LogP contribution in [0, 0.1) is 5.82 Å². The van der Waals surface area contributed by atoms with Crippen molar-refractivity contribution in [2.45, 2.75) is 23.8 Å². The number of hydrogen-bond donors (Lipinski definition) is 0. The van der Waals surface area contributed by atoms with Crippen molar-refractivity contribution in [2.24, 2.45) is 0 Å². The Hall–Kier alpha value is -1.02. The van der Waals surface area contributed by atoms with Crippen molar-refractivity contribution in [1.82, 2.24) is 0 Å². The lowest BCUT2D eigenvalue weighted by molar-refractivity contribution is 0.238. The van der Waals surface area contributed by atoms with Gasteiger partial charge < -0.3 is 4.74 Å². The number of halogens is 2. The average molecular weight is 225 g/mol. The summed E-state index contributed by atoms with van der Waals surface area (Å²) in [7, 11) is 0. The minimum atomic E-state index is -0.292. The lowest BCUT2D eigenvalue weighted by Crippen LogP contribution is -2.26. The molecule has 3 atom stereocenters. The van der Waals surface area contributed by atoms with Crippen LogP contribution in [0.5, 0.6) is 5.75 Å². The lowest BCUT2D eigenvalue weighted by atomic mass is 9.87. The second-order valence-electron chi connectivity index (χ2n) is 3.95. The summed E-state index contributed by atoms with van der Waals surface area (Å²) in [4.78, 5) is 0. The van der Waals surface area contributed by atoms with Crippen molar-refractivity contribution in [3.05, 3.63) is 41.7 Å². The van der Waals surface area contributed by atoms with Crippen molar-refractivity contribution >= 4 is 11.6 Å². The molecule has 1 aliphatic heterocycles. The molecule has 0 spiro atoms. The van der Waals surface area contributed by atoms with Crippen molar-refractivity contribution < 1.29 is 9.13 Å². The van der Waals surface area contributed by atoms with Gasteiger partial charge in [-0.1, -0.05) is 18.2 Å². The molecule has 1 heterocycles. The molecule has 3 rings (SSSR count). The van der Waals surface area contributed by atoms with Crippen LogP contribution in [-0.2, 0) is 0 Å². The first-order valence-electron chi connectivity index (χ1n) is 5.03. The van der Waals surface area contributed by atoms with E-state index in [4.69, 9.17) is 16.3 Å². The summed E-state index contributed by atoms with van der Waals surface area (Å²) in [5.74, 6) is 0.186. The fourth-order valence-corrected chi connectivity index (χ4v) is 2.73. The topological polar surface area (TPSA) is 9.23 Å². The van der Waals surface area contributed by atoms with Crippen LogP contribution in [0.2, 0.25) is 0 Å². The molecule has 15 heavy (non-hydrogen) atoms. The maximum absolute atomic E-state index is 13.5. The van der Waals surface area contributed by atoms with Gasteiger partial charge in [0.1, 0.15) is 6.10 Å². The Morgan fingerprint density at radius 1 is 1.40 bits per heavy atom. The van der Waals surface area contributed by atoms with Crippen LogP contribution in [-0.4, -0.2) is 11.5 Å². The molecule has 0 saturated carbocycles. The molecular formula is C12H10ClFO. The predicted octanol–water partition coefficient (Wildman–Crippen LogP) is 3.24. The van der Waals surface area contributed by atoms with Gasteiger partial charge in [-0.2, -0.15) is 0 Å². The van der Waals surface area contributed by atoms with E-state index in [1.807, 2.05) is 18.2 Å². The van der Waals surface area contributed by atoms with Crippen molar-refractivity contribution in [2.75, 3.05) is 0 Å². The Morgan fingerprint density at radius 3 is 3.13 bits per heavy atom. The second-order valence-corrected chi connectivity index (χ2v) is 4.51. The van der Waals surface area contributed by atoms with Gasteiger partial charge in [0.25, 0.3) is 0 Å². The van der Waals surface area contributed by atoms with Gasteiger partial charge in [-0.05, 0) is 18.6 Å². The molecule has 1 aromatic carbocycles. The second kappa shape index (κ2) is 3.24. The van der Waals surface area contributed by atoms with Gasteiger partial charge in [-0.25, -0.2) is 4.39 Å². The van der Waals surface area contributed by atoms with Gasteiger partial charge in [0, 0.05) is 16.9 Å². The summed E-state index contributed by atoms with van der Waals surface area (Å²) in [6.45, 7) is 0. The molecule has 0 amide bonds. The highest BCUT2D eigenvalue weighted by atomic mass is 35.5. The van der Waals surface area contributed by atoms with Crippen LogP contribution >= 0.6 is 11.6 Å². The van der Waals surface area contributed by atoms with E-state index >= 15 is 0 Å². The monoisotopic (exact) mass is 224 g/mol. The molecule has 78 valence electrons. The van der Waals surface area contributed by atoms with E-state index in [9.17, 15) is 4.39 Å². The van der Waals surface area contributed by atoms with Crippen LogP contribution in [0.25, 0.3) is 0 Å². The average Bonchev–Trinajstić information content (AvgIpc) is 2.59. The molecule has 3 heteroatoms. The van der Waals surface area contributed by atoms with Gasteiger partial charge in [0.15, 0.2) is 11.6 Å². The van der Waals surface area contributed by atoms with E-state index < -0.39 is 0 Å². The Labute approximate surface area is 92.5 Å². The minimum Gasteiger partial charge on any atom is -0.482 e. The van der Waals surface area contributed by atoms with E-state index in [2.05, 4.69) is 0 Å². The first-order chi connectivity index (χ1) is 7.27. The third-order valence-corrected chi connectivity index (χ3v) is 3.49. The van der Waals surface area contributed by atoms with E-state index in [0.717, 1.165) is 12.0 Å². The Kier molecular flexibility index (Phi) is 1.99. The number of para-hydroxylation sites is 1. The minimum absolute atomic E-state index is 0.00282. The van der Waals surface area contributed by atoms with Gasteiger partial charge in [0.05, 0.1) is 0 Å². The Morgan fingerprint density at radius 2 is 2.27 bits per heavy atom. The summed E-state index contributed by atoms with van der Waals surface area (Å²) < 4.78 is 19.0. The highest BCUT2D eigenvalue weighted by Crippen LogP contribution is 2.46. The quantitative estimate of drug-likeness (QED) is 0.486. The van der Waals surface area contributed by atoms with Crippen LogP contribution < -0.4 is 4.74 Å². The Balaban J connectivity index is 2.12. The summed E-state index contributed by atoms with van der Waals surface area (Å²) in [6.07, 6.45) is 4.71. The maximum Gasteiger partial charge on any atom is 0.165 e. The van der Waals surface area contributed by atoms with Gasteiger partial charge >= 0.3 is 0 Å². The molecule has 0 saturated heterocycles. The van der Waals surface area contributed by atoms with Crippen molar-refractivity contribution in [3.63, 3.8) is 0 Å². The molecule has 0 radical (unpaired) electrons. The molecule has 0 fully saturated rings. The Bertz CT molecular complexity index is 430. The third-order valence-electron chi connectivity index (χ3n) is 3.04. The molecular weight excluding hydrogens is 215 g/mol. The van der Waals surface area contributed by atoms with Gasteiger partial charge in [-0.3, -0.25) is 0 Å². The normalized spacial score (nSPS) is 32.0. The number of rotatable bonds is 0. The lowest BCUT2D eigenvalue weighted by Gasteiger charge is -2.24. The number of hydrogen-bond acceptors (Lipinski definition) is 1. The maximum atomic E-state index is 13.5. The summed E-state index contributed by atoms with van der Waals surface area (Å²) in [5, 5.41) is 0.00282. The molecule has 0 bridgehead atoms. The van der Waals surface area contributed by atoms with Crippen LogP contribution in [0.3, 0.4) is 0 Å². The first-order valence-corrected chi connectivity index (χ1v) is 5.47. The zero-order valence-electron chi connectivity index (χ0n) is 7.99. The number of allylic oxidation sites excluding steroid dienone is 1. The third kappa shape index (κ3) is 1.28. The van der Waals surface area contributed by atoms with Crippen LogP contribution in [0.15, 0.2) is 30.4 Å². The smallest absolute Gasteiger partial charge is 0.165 e. The largest absolute Gasteiger partial charge is 0.482 e. The fourth-order valence-electron chi connectivity index (χ4n) is 2.35. The number of alkyl halides is 1. The fraction of sp³-hybridized carbons (Fsp3) is 0.333. The highest BCUT2D eigenvalue weighted by molar-refractivity contribution is 6.21. The standard InChI is InChI=1S/C12H10ClFO/c13-8-4-2-6-10-11(8)7-3-1-5-9(14)12(7)15-10/h1-3,5-6,8,10-11H,4H2. The predicted molar refractivity (Wildman–Crippen MR) is 57.0 cm³/mol. The van der Waals surface area contributed by atoms with E-state index in [0.29, 0.717) is 5.75 Å². The van der Waals surface area contributed by atoms with Gasteiger partial charge in [-0.15, -0.1) is 11.6 Å². The summed E-state index contributed by atoms with van der Waals surface area (Å²) >= 11 is 6.24. The SMILES string of the molecule is Fc1cccc2c1OC1C=CCC(Cl)C21. The summed E-state index contributed by atoms with van der Waals surface area (Å²) in [6, 6.07) is 5.03. The van der Waals surface area contributed by atoms with Crippen LogP contribution in [0.4, 0.5) is 4.39 Å². The molecule has 2 aliphatic rings. The van der Waals surface area contributed by atoms with Crippen LogP contribution in [0.1, 0.15) is 17.9 Å². The van der Waals surface area contributed by atoms with E-state index in [-0.39, 0.29) is 23.2 Å². The van der Waals surface area contributed by atoms with Gasteiger partial charge in [0.2, 0.25) is 0 Å². The molecule has 1 aliphatic carbocycles. The van der Waals surface area contributed by atoms with E-state index in [1.165, 1.54) is 6.07 Å². The molecule has 1 aromatic rings. The zero-order chi connectivity index (χ0) is 10.4. The number of benzene rings is 1.